The fourth-order valence-corrected chi connectivity index (χ4v) is 12.4. The molecule has 1 saturated carbocycles. The number of benzene rings is 2. The maximum atomic E-state index is 13.8. The number of imide groups is 1. The second kappa shape index (κ2) is 36.6. The van der Waals surface area contributed by atoms with Gasteiger partial charge in [0.1, 0.15) is 29.2 Å². The van der Waals surface area contributed by atoms with Crippen LogP contribution in [-0.2, 0) is 54.9 Å². The average molecular weight is 1330 g/mol. The van der Waals surface area contributed by atoms with Crippen LogP contribution in [-0.4, -0.2) is 188 Å². The fourth-order valence-electron chi connectivity index (χ4n) is 9.94. The van der Waals surface area contributed by atoms with E-state index in [0.717, 1.165) is 29.9 Å². The molecule has 28 nitrogen and oxygen atoms in total. The van der Waals surface area contributed by atoms with E-state index in [1.807, 2.05) is 27.7 Å². The first kappa shape index (κ1) is 77.8. The number of likely N-dealkylation sites (N-methyl/N-ethyl adjacent to an activating group) is 1. The number of carbonyl (C=O) groups excluding carboxylic acids is 7. The zero-order valence-corrected chi connectivity index (χ0v) is 55.7. The van der Waals surface area contributed by atoms with Crippen LogP contribution in [0.5, 0.6) is 5.75 Å². The molecule has 2 aromatic carbocycles. The number of aliphatic carboxylic acids is 3. The van der Waals surface area contributed by atoms with E-state index in [4.69, 9.17) is 26.4 Å². The summed E-state index contributed by atoms with van der Waals surface area (Å²) in [4.78, 5) is 129. The van der Waals surface area contributed by atoms with Crippen molar-refractivity contribution in [1.29, 1.82) is 0 Å². The van der Waals surface area contributed by atoms with E-state index >= 15 is 0 Å². The van der Waals surface area contributed by atoms with Crippen molar-refractivity contribution in [2.75, 3.05) is 49.8 Å². The number of nitrogens with one attached hydrogen (secondary N) is 4. The van der Waals surface area contributed by atoms with Gasteiger partial charge in [-0.1, -0.05) is 58.0 Å². The summed E-state index contributed by atoms with van der Waals surface area (Å²) >= 11 is 2.84. The quantitative estimate of drug-likeness (QED) is 0.00386. The van der Waals surface area contributed by atoms with Gasteiger partial charge in [-0.3, -0.25) is 53.5 Å². The zero-order chi connectivity index (χ0) is 66.5. The number of carboxylic acid groups (broad SMARTS) is 3. The molecule has 3 aliphatic heterocycles. The third-order valence-electron chi connectivity index (χ3n) is 14.8. The minimum absolute atomic E-state index is 0. The van der Waals surface area contributed by atoms with E-state index in [9.17, 15) is 76.3 Å². The van der Waals surface area contributed by atoms with Crippen molar-refractivity contribution in [3.8, 4) is 5.75 Å². The number of hydrogen-bond donors (Lipinski definition) is 11. The Morgan fingerprint density at radius 1 is 0.911 bits per heavy atom. The summed E-state index contributed by atoms with van der Waals surface area (Å²) in [5.41, 5.74) is 13.0. The van der Waals surface area contributed by atoms with Gasteiger partial charge in [0.2, 0.25) is 29.5 Å². The number of carboxylic acids is 3. The summed E-state index contributed by atoms with van der Waals surface area (Å²) < 4.78 is 37.7. The number of aliphatic imine (C=N–C) groups is 1. The molecule has 90 heavy (non-hydrogen) atoms. The molecule has 2 aromatic rings. The van der Waals surface area contributed by atoms with Gasteiger partial charge in [0, 0.05) is 54.5 Å². The molecular formula is C58H80N9NaO19S3. The fraction of sp³-hybridized carbons (Fsp3) is 0.534. The van der Waals surface area contributed by atoms with Crippen LogP contribution < -0.4 is 67.2 Å². The monoisotopic (exact) mass is 1330 g/mol. The molecule has 32 heteroatoms. The second-order valence-electron chi connectivity index (χ2n) is 22.5. The third-order valence-corrected chi connectivity index (χ3v) is 17.9. The van der Waals surface area contributed by atoms with Crippen LogP contribution in [0.15, 0.2) is 75.9 Å². The molecule has 3 heterocycles. The number of fused-ring (bicyclic) bond motifs is 2. The topological polar surface area (TPSA) is 457 Å². The smallest absolute Gasteiger partial charge is 0.748 e. The average Bonchev–Trinajstić information content (AvgIpc) is 1.93. The Balaban J connectivity index is 0.000000393. The minimum atomic E-state index is -4.34. The van der Waals surface area contributed by atoms with Crippen LogP contribution in [0.25, 0.3) is 0 Å². The van der Waals surface area contributed by atoms with E-state index in [0.29, 0.717) is 47.1 Å². The maximum Gasteiger partial charge on any atom is 1.00 e. The van der Waals surface area contributed by atoms with Gasteiger partial charge >= 0.3 is 47.5 Å². The van der Waals surface area contributed by atoms with Crippen LogP contribution >= 0.6 is 23.5 Å². The Morgan fingerprint density at radius 2 is 1.53 bits per heavy atom. The first-order valence-corrected chi connectivity index (χ1v) is 32.3. The second-order valence-corrected chi connectivity index (χ2v) is 26.3. The molecule has 0 unspecified atom stereocenters. The number of amides is 7. The number of allylic oxidation sites excluding steroid dienone is 1. The molecule has 0 radical (unpaired) electrons. The summed E-state index contributed by atoms with van der Waals surface area (Å²) in [6.45, 7) is 9.18. The summed E-state index contributed by atoms with van der Waals surface area (Å²) in [7, 11) is -2.94. The first-order valence-electron chi connectivity index (χ1n) is 28.6. The van der Waals surface area contributed by atoms with E-state index < -0.39 is 106 Å². The normalized spacial score (nSPS) is 18.8. The van der Waals surface area contributed by atoms with Crippen molar-refractivity contribution >= 4 is 99.2 Å². The number of carbonyl (C=O) groups is 10. The molecule has 7 amide bonds. The number of rotatable bonds is 33. The summed E-state index contributed by atoms with van der Waals surface area (Å²) in [5, 5.41) is 53.9. The molecule has 8 atom stereocenters. The van der Waals surface area contributed by atoms with Crippen molar-refractivity contribution in [2.24, 2.45) is 51.5 Å². The van der Waals surface area contributed by atoms with Crippen molar-refractivity contribution in [2.45, 2.75) is 110 Å². The van der Waals surface area contributed by atoms with Gasteiger partial charge in [-0.15, -0.1) is 11.8 Å². The number of ether oxygens (including phenoxy) is 1. The summed E-state index contributed by atoms with van der Waals surface area (Å²) in [6.07, 6.45) is 5.58. The van der Waals surface area contributed by atoms with Gasteiger partial charge in [0.15, 0.2) is 0 Å². The number of unbranched alkanes of at least 4 members (excludes halogenated alkanes) is 2. The maximum absolute atomic E-state index is 13.8. The SMILES string of the molecule is CC1(C)C[C@@H]1C(=O)N/C(=C\CCCCSC[C@H](N)C(=O)O)C(=O)O.CNC(=O)[C@H](Cc1ccc(OCCCS(=O)(=O)[O-])cc1)NC(=O)[C@@H](CC(C)C)[C@H](CN1C(=O)c2ccccc2C1=O)C(=O)NO.C[C@@H](O)[C@H]1C(=O)N2C(C(=O)O)=C(SCCN=CN)C[C@H]12.[Na+]. The van der Waals surface area contributed by atoms with Gasteiger partial charge < -0.3 is 62.0 Å². The Morgan fingerprint density at radius 3 is 2.04 bits per heavy atom. The first-order chi connectivity index (χ1) is 41.9. The Labute approximate surface area is 552 Å². The molecular weight excluding hydrogens is 1250 g/mol. The van der Waals surface area contributed by atoms with E-state index in [1.54, 1.807) is 48.8 Å². The summed E-state index contributed by atoms with van der Waals surface area (Å²) in [6, 6.07) is 10.5. The number of nitrogens with zero attached hydrogens (tertiary/aromatic N) is 3. The van der Waals surface area contributed by atoms with Gasteiger partial charge in [-0.25, -0.2) is 23.5 Å². The largest absolute Gasteiger partial charge is 1.00 e. The third kappa shape index (κ3) is 23.1. The Bertz CT molecular complexity index is 3080. The molecule has 13 N–H and O–H groups in total. The van der Waals surface area contributed by atoms with E-state index in [2.05, 4.69) is 20.9 Å². The van der Waals surface area contributed by atoms with Crippen molar-refractivity contribution in [3.63, 3.8) is 0 Å². The molecule has 0 spiro atoms. The predicted octanol–water partition coefficient (Wildman–Crippen LogP) is -1.10. The van der Waals surface area contributed by atoms with Crippen LogP contribution in [0.2, 0.25) is 0 Å². The zero-order valence-electron chi connectivity index (χ0n) is 51.2. The van der Waals surface area contributed by atoms with Gasteiger partial charge in [0.25, 0.3) is 11.8 Å². The minimum Gasteiger partial charge on any atom is -0.748 e. The van der Waals surface area contributed by atoms with Gasteiger partial charge in [-0.2, -0.15) is 11.8 Å². The Hall–Kier alpha value is -6.42. The Kier molecular flexibility index (Phi) is 31.6. The predicted molar refractivity (Wildman–Crippen MR) is 327 cm³/mol. The van der Waals surface area contributed by atoms with Gasteiger partial charge in [0.05, 0.1) is 70.6 Å². The number of aliphatic hydroxyl groups excluding tert-OH is 1. The number of nitrogens with two attached hydrogens (primary N) is 2. The molecule has 0 aromatic heterocycles. The molecule has 2 fully saturated rings. The number of thioether (sulfide) groups is 2. The van der Waals surface area contributed by atoms with Crippen molar-refractivity contribution < 1.29 is 121 Å². The van der Waals surface area contributed by atoms with Crippen LogP contribution in [0.4, 0.5) is 0 Å². The van der Waals surface area contributed by atoms with Crippen LogP contribution in [0.1, 0.15) is 106 Å². The number of aliphatic hydroxyl groups is 1. The van der Waals surface area contributed by atoms with Gasteiger partial charge in [-0.05, 0) is 92.4 Å². The molecule has 490 valence electrons. The molecule has 1 aliphatic carbocycles. The van der Waals surface area contributed by atoms with Crippen molar-refractivity contribution in [3.05, 3.63) is 87.6 Å². The van der Waals surface area contributed by atoms with Crippen LogP contribution in [0, 0.1) is 35.0 Å². The van der Waals surface area contributed by atoms with Crippen molar-refractivity contribution in [1.82, 2.24) is 31.2 Å². The molecule has 4 aliphatic rings. The molecule has 1 saturated heterocycles. The number of β-lactam (4-membered cyclic amide) rings is 1. The molecule has 6 rings (SSSR count). The van der Waals surface area contributed by atoms with E-state index in [1.165, 1.54) is 60.0 Å². The number of hydroxylamine groups is 1. The van der Waals surface area contributed by atoms with E-state index in [-0.39, 0.29) is 113 Å². The van der Waals surface area contributed by atoms with Crippen LogP contribution in [0.3, 0.4) is 0 Å². The summed E-state index contributed by atoms with van der Waals surface area (Å²) in [5.74, 6) is -8.82. The molecule has 0 bridgehead atoms. The number of hydrogen-bond acceptors (Lipinski definition) is 20. The standard InChI is InChI=1S/C30H38N4O10S.C16H26N2O5S.C12H17N3O4S.Na/c1-18(2)15-23(24(27(36)33-40)17-34-29(38)21-7-4-5-8-22(21)30(34)39)26(35)32-25(28(37)31-3)16-19-9-11-20(12-10-19)44-13-6-14-45(41,42)43;1-16(2)8-10(16)13(19)18-12(15(22)23)6-4-3-5-7-24-9-11(17)14(20)21;1-6(16)9-7-4-8(20-3-2-14-5-13)10(12(18)19)15(7)11(9)17;/h4-5,7-12,18,23-25,40H,6,13-17H2,1-3H3,(H,31,37)(H,32,35)(H,33,36)(H,41,42,43);6,10-11H,3-5,7-9,17H2,1-2H3,(H,18,19)(H,20,21)(H,22,23);5-7,9,16H,2-4H2,1H3,(H2,13,14)(H,18,19);/q;;;+1/p-1/b;12-6-;;/t23-,24-,25-;10-,11+;6-,7-,9-;/m011./s1.